The molecule has 2 atom stereocenters. The summed E-state index contributed by atoms with van der Waals surface area (Å²) in [5, 5.41) is 41.0. The van der Waals surface area contributed by atoms with Gasteiger partial charge in [0, 0.05) is 13.2 Å². The highest BCUT2D eigenvalue weighted by Gasteiger charge is 2.58. The first-order valence-electron chi connectivity index (χ1n) is 13.5. The molecule has 4 rings (SSSR count). The average molecular weight is 609 g/mol. The number of hydrogen-bond donors (Lipinski definition) is 2. The Bertz CT molecular complexity index is 1520. The van der Waals surface area contributed by atoms with Crippen LogP contribution in [0.4, 0.5) is 26.3 Å². The van der Waals surface area contributed by atoms with Crippen molar-refractivity contribution in [1.29, 1.82) is 10.5 Å². The number of hydrogen-bond acceptors (Lipinski definition) is 4. The minimum atomic E-state index is -4.69. The van der Waals surface area contributed by atoms with Crippen LogP contribution in [0.5, 0.6) is 0 Å². The molecule has 226 valence electrons. The number of rotatable bonds is 9. The van der Waals surface area contributed by atoms with E-state index in [9.17, 15) is 47.1 Å². The molecule has 0 aliphatic heterocycles. The third kappa shape index (κ3) is 5.79. The van der Waals surface area contributed by atoms with E-state index in [1.807, 2.05) is 0 Å². The molecule has 0 fully saturated rings. The van der Waals surface area contributed by atoms with Crippen LogP contribution in [0.25, 0.3) is 0 Å². The van der Waals surface area contributed by atoms with E-state index in [2.05, 4.69) is 12.1 Å². The van der Waals surface area contributed by atoms with Crippen molar-refractivity contribution >= 4 is 0 Å². The van der Waals surface area contributed by atoms with E-state index in [1.54, 1.807) is 24.3 Å². The summed E-state index contributed by atoms with van der Waals surface area (Å²) in [6, 6.07) is 24.6. The smallest absolute Gasteiger partial charge is 0.396 e. The largest absolute Gasteiger partial charge is 0.416 e. The highest BCUT2D eigenvalue weighted by Crippen LogP contribution is 2.53. The van der Waals surface area contributed by atoms with Gasteiger partial charge in [0.15, 0.2) is 0 Å². The zero-order valence-electron chi connectivity index (χ0n) is 23.1. The Labute approximate surface area is 250 Å². The fraction of sp³-hybridized carbons (Fsp3) is 0.235. The number of benzene rings is 4. The van der Waals surface area contributed by atoms with Gasteiger partial charge in [0.05, 0.1) is 23.3 Å². The zero-order valence-corrected chi connectivity index (χ0v) is 23.1. The molecule has 0 aromatic heterocycles. The lowest BCUT2D eigenvalue weighted by Gasteiger charge is -2.43. The number of halogens is 6. The molecule has 44 heavy (non-hydrogen) atoms. The van der Waals surface area contributed by atoms with Gasteiger partial charge in [-0.1, -0.05) is 72.8 Å². The quantitative estimate of drug-likeness (QED) is 0.198. The lowest BCUT2D eigenvalue weighted by atomic mass is 9.52. The van der Waals surface area contributed by atoms with E-state index in [-0.39, 0.29) is 48.3 Å². The number of aliphatic hydroxyl groups excluding tert-OH is 2. The second-order valence-electron chi connectivity index (χ2n) is 10.2. The van der Waals surface area contributed by atoms with E-state index >= 15 is 0 Å². The zero-order chi connectivity index (χ0) is 32.2. The van der Waals surface area contributed by atoms with Gasteiger partial charge in [0.2, 0.25) is 0 Å². The predicted molar refractivity (Wildman–Crippen MR) is 150 cm³/mol. The molecule has 0 radical (unpaired) electrons. The second-order valence-corrected chi connectivity index (χ2v) is 10.2. The molecule has 0 saturated carbocycles. The minimum Gasteiger partial charge on any atom is -0.396 e. The molecule has 2 unspecified atom stereocenters. The van der Waals surface area contributed by atoms with Gasteiger partial charge in [0.25, 0.3) is 0 Å². The Hall–Kier alpha value is -4.64. The van der Waals surface area contributed by atoms with Crippen molar-refractivity contribution in [2.24, 2.45) is 0 Å². The van der Waals surface area contributed by atoms with Crippen LogP contribution in [-0.2, 0) is 36.0 Å². The van der Waals surface area contributed by atoms with Crippen molar-refractivity contribution in [2.45, 2.75) is 36.0 Å². The summed E-state index contributed by atoms with van der Waals surface area (Å²) in [5.74, 6) is 0. The molecule has 4 nitrogen and oxygen atoms in total. The summed E-state index contributed by atoms with van der Waals surface area (Å²) in [7, 11) is 0. The molecule has 0 heterocycles. The summed E-state index contributed by atoms with van der Waals surface area (Å²) >= 11 is 0. The van der Waals surface area contributed by atoms with Gasteiger partial charge in [0.1, 0.15) is 10.8 Å². The highest BCUT2D eigenvalue weighted by molar-refractivity contribution is 5.64. The van der Waals surface area contributed by atoms with Gasteiger partial charge in [-0.3, -0.25) is 0 Å². The number of aliphatic hydroxyl groups is 2. The van der Waals surface area contributed by atoms with E-state index in [1.165, 1.54) is 24.3 Å². The number of alkyl halides is 6. The maximum Gasteiger partial charge on any atom is 0.416 e. The van der Waals surface area contributed by atoms with E-state index in [0.29, 0.717) is 11.1 Å². The van der Waals surface area contributed by atoms with Crippen molar-refractivity contribution in [3.05, 3.63) is 142 Å². The summed E-state index contributed by atoms with van der Waals surface area (Å²) in [6.45, 7) is -0.342. The van der Waals surface area contributed by atoms with Gasteiger partial charge >= 0.3 is 12.4 Å². The third-order valence-electron chi connectivity index (χ3n) is 7.76. The average Bonchev–Trinajstić information content (AvgIpc) is 3.01. The lowest BCUT2D eigenvalue weighted by Crippen LogP contribution is -2.49. The fourth-order valence-electron chi connectivity index (χ4n) is 5.54. The summed E-state index contributed by atoms with van der Waals surface area (Å²) in [6.07, 6.45) is -8.84. The van der Waals surface area contributed by atoms with E-state index in [4.69, 9.17) is 0 Å². The maximum atomic E-state index is 13.6. The van der Waals surface area contributed by atoms with E-state index in [0.717, 1.165) is 48.5 Å². The first-order valence-corrected chi connectivity index (χ1v) is 13.5. The van der Waals surface area contributed by atoms with Crippen LogP contribution in [0.1, 0.15) is 44.5 Å². The van der Waals surface area contributed by atoms with Gasteiger partial charge in [-0.05, 0) is 70.5 Å². The normalized spacial score (nSPS) is 14.6. The van der Waals surface area contributed by atoms with Crippen LogP contribution in [-0.4, -0.2) is 23.4 Å². The summed E-state index contributed by atoms with van der Waals surface area (Å²) in [5.41, 5.74) is -4.41. The molecular weight excluding hydrogens is 582 g/mol. The Balaban J connectivity index is 2.14. The molecule has 0 bridgehead atoms. The molecule has 0 aliphatic rings. The minimum absolute atomic E-state index is 0.00351. The van der Waals surface area contributed by atoms with Gasteiger partial charge < -0.3 is 10.2 Å². The Morgan fingerprint density at radius 2 is 0.659 bits per heavy atom. The van der Waals surface area contributed by atoms with Crippen molar-refractivity contribution in [3.8, 4) is 12.1 Å². The standard InChI is InChI=1S/C34H26F6N2O2/c35-33(36,37)29-13-9-27(10-14-29)31(21-41,25-5-1-23(2-6-25)17-19-43)32(22-42,26-7-3-24(4-8-26)18-20-44)28-11-15-30(16-12-28)34(38,39)40/h1-16,43-44H,17-20H2. The topological polar surface area (TPSA) is 88.0 Å². The molecular formula is C34H26F6N2O2. The first kappa shape index (κ1) is 32.3. The van der Waals surface area contributed by atoms with Crippen molar-refractivity contribution in [1.82, 2.24) is 0 Å². The monoisotopic (exact) mass is 608 g/mol. The molecule has 4 aromatic rings. The van der Waals surface area contributed by atoms with Crippen molar-refractivity contribution in [2.75, 3.05) is 13.2 Å². The van der Waals surface area contributed by atoms with Crippen LogP contribution < -0.4 is 0 Å². The Morgan fingerprint density at radius 3 is 0.864 bits per heavy atom. The SMILES string of the molecule is N#CC(c1ccc(CCO)cc1)(c1ccc(C(F)(F)F)cc1)C(C#N)(c1ccc(CCO)cc1)c1ccc(C(F)(F)F)cc1. The Morgan fingerprint density at radius 1 is 0.432 bits per heavy atom. The van der Waals surface area contributed by atoms with Crippen LogP contribution in [0.3, 0.4) is 0 Å². The first-order chi connectivity index (χ1) is 20.9. The lowest BCUT2D eigenvalue weighted by molar-refractivity contribution is -0.138. The molecule has 4 aromatic carbocycles. The molecule has 0 amide bonds. The number of nitrogens with zero attached hydrogens (tertiary/aromatic N) is 2. The van der Waals surface area contributed by atoms with Crippen LogP contribution >= 0.6 is 0 Å². The maximum absolute atomic E-state index is 13.6. The van der Waals surface area contributed by atoms with Crippen LogP contribution in [0.2, 0.25) is 0 Å². The summed E-state index contributed by atoms with van der Waals surface area (Å²) < 4.78 is 81.3. The fourth-order valence-corrected chi connectivity index (χ4v) is 5.54. The molecule has 0 saturated heterocycles. The van der Waals surface area contributed by atoms with Crippen molar-refractivity contribution < 1.29 is 36.6 Å². The highest BCUT2D eigenvalue weighted by atomic mass is 19.4. The third-order valence-corrected chi connectivity index (χ3v) is 7.76. The Kier molecular flexibility index (Phi) is 9.19. The van der Waals surface area contributed by atoms with Gasteiger partial charge in [-0.15, -0.1) is 0 Å². The summed E-state index contributed by atoms with van der Waals surface area (Å²) in [4.78, 5) is 0. The van der Waals surface area contributed by atoms with Gasteiger partial charge in [-0.2, -0.15) is 36.9 Å². The number of nitriles is 2. The van der Waals surface area contributed by atoms with Crippen molar-refractivity contribution in [3.63, 3.8) is 0 Å². The second kappa shape index (κ2) is 12.5. The van der Waals surface area contributed by atoms with Crippen LogP contribution in [0.15, 0.2) is 97.1 Å². The van der Waals surface area contributed by atoms with Crippen LogP contribution in [0, 0.1) is 22.7 Å². The van der Waals surface area contributed by atoms with E-state index < -0.39 is 34.3 Å². The molecule has 0 spiro atoms. The molecule has 0 aliphatic carbocycles. The molecule has 2 N–H and O–H groups in total. The predicted octanol–water partition coefficient (Wildman–Crippen LogP) is 7.11. The van der Waals surface area contributed by atoms with Gasteiger partial charge in [-0.25, -0.2) is 0 Å². The molecule has 10 heteroatoms.